The molecular weight excluding hydrogens is 302 g/mol. The van der Waals surface area contributed by atoms with Crippen LogP contribution in [0, 0.1) is 13.8 Å². The highest BCUT2D eigenvalue weighted by molar-refractivity contribution is 5.99. The number of benzene rings is 1. The van der Waals surface area contributed by atoms with Crippen molar-refractivity contribution in [3.05, 3.63) is 41.1 Å². The largest absolute Gasteiger partial charge is 0.347 e. The summed E-state index contributed by atoms with van der Waals surface area (Å²) in [7, 11) is 0. The topological polar surface area (TPSA) is 62.3 Å². The molecule has 24 heavy (non-hydrogen) atoms. The molecule has 5 nitrogen and oxygen atoms in total. The number of nitrogens with one attached hydrogen (secondary N) is 1. The zero-order valence-electron chi connectivity index (χ0n) is 14.6. The molecule has 1 aromatic carbocycles. The van der Waals surface area contributed by atoms with Crippen molar-refractivity contribution >= 4 is 22.7 Å². The van der Waals surface area contributed by atoms with Crippen molar-refractivity contribution in [2.75, 3.05) is 6.54 Å². The minimum Gasteiger partial charge on any atom is -0.347 e. The number of amides is 2. The van der Waals surface area contributed by atoms with Crippen molar-refractivity contribution in [3.63, 3.8) is 0 Å². The van der Waals surface area contributed by atoms with Crippen molar-refractivity contribution in [1.82, 2.24) is 15.2 Å². The second-order valence-electron chi connectivity index (χ2n) is 6.83. The zero-order chi connectivity index (χ0) is 17.4. The summed E-state index contributed by atoms with van der Waals surface area (Å²) in [4.78, 5) is 31.0. The quantitative estimate of drug-likeness (QED) is 0.943. The third kappa shape index (κ3) is 3.11. The number of hydrogen-bond donors (Lipinski definition) is 1. The number of fused-ring (bicyclic) bond motifs is 1. The molecule has 1 fully saturated rings. The molecule has 0 bridgehead atoms. The smallest absolute Gasteiger partial charge is 0.253 e. The Morgan fingerprint density at radius 3 is 2.71 bits per heavy atom. The van der Waals surface area contributed by atoms with E-state index < -0.39 is 0 Å². The fraction of sp³-hybridized carbons (Fsp3) is 0.421. The first-order valence-corrected chi connectivity index (χ1v) is 8.33. The second kappa shape index (κ2) is 6.23. The van der Waals surface area contributed by atoms with Crippen LogP contribution >= 0.6 is 0 Å². The first kappa shape index (κ1) is 16.4. The maximum Gasteiger partial charge on any atom is 0.253 e. The fourth-order valence-corrected chi connectivity index (χ4v) is 3.21. The fourth-order valence-electron chi connectivity index (χ4n) is 3.21. The van der Waals surface area contributed by atoms with Gasteiger partial charge in [-0.05, 0) is 45.9 Å². The van der Waals surface area contributed by atoms with Gasteiger partial charge in [0.1, 0.15) is 0 Å². The van der Waals surface area contributed by atoms with Crippen LogP contribution in [0.15, 0.2) is 24.3 Å². The first-order valence-electron chi connectivity index (χ1n) is 8.33. The summed E-state index contributed by atoms with van der Waals surface area (Å²) < 4.78 is 0. The van der Waals surface area contributed by atoms with Gasteiger partial charge in [0.25, 0.3) is 5.91 Å². The molecule has 3 rings (SSSR count). The monoisotopic (exact) mass is 325 g/mol. The summed E-state index contributed by atoms with van der Waals surface area (Å²) in [6, 6.07) is 7.91. The lowest BCUT2D eigenvalue weighted by molar-refractivity contribution is -0.129. The molecular formula is C19H23N3O2. The van der Waals surface area contributed by atoms with Gasteiger partial charge in [-0.25, -0.2) is 0 Å². The van der Waals surface area contributed by atoms with Crippen LogP contribution < -0.4 is 5.32 Å². The molecule has 0 unspecified atom stereocenters. The number of rotatable bonds is 3. The van der Waals surface area contributed by atoms with Gasteiger partial charge in [0.15, 0.2) is 0 Å². The summed E-state index contributed by atoms with van der Waals surface area (Å²) in [5.74, 6) is -0.0638. The van der Waals surface area contributed by atoms with Crippen molar-refractivity contribution < 1.29 is 9.59 Å². The lowest BCUT2D eigenvalue weighted by Crippen LogP contribution is -2.39. The Balaban J connectivity index is 1.81. The normalized spacial score (nSPS) is 17.8. The van der Waals surface area contributed by atoms with Crippen LogP contribution in [0.3, 0.4) is 0 Å². The molecule has 1 aliphatic rings. The van der Waals surface area contributed by atoms with Crippen LogP contribution in [-0.2, 0) is 4.79 Å². The Bertz CT molecular complexity index is 814. The van der Waals surface area contributed by atoms with Crippen molar-refractivity contribution in [2.45, 2.75) is 46.2 Å². The number of pyridine rings is 1. The molecule has 1 aromatic heterocycles. The molecule has 1 aliphatic heterocycles. The van der Waals surface area contributed by atoms with Gasteiger partial charge >= 0.3 is 0 Å². The lowest BCUT2D eigenvalue weighted by atomic mass is 10.1. The minimum atomic E-state index is -0.160. The van der Waals surface area contributed by atoms with Crippen LogP contribution in [-0.4, -0.2) is 40.3 Å². The van der Waals surface area contributed by atoms with Crippen LogP contribution in [0.25, 0.3) is 10.9 Å². The summed E-state index contributed by atoms with van der Waals surface area (Å²) in [5, 5.41) is 3.94. The molecule has 0 spiro atoms. The van der Waals surface area contributed by atoms with Crippen LogP contribution in [0.5, 0.6) is 0 Å². The van der Waals surface area contributed by atoms with E-state index in [4.69, 9.17) is 0 Å². The molecule has 0 saturated carbocycles. The summed E-state index contributed by atoms with van der Waals surface area (Å²) in [6.07, 6.45) is 0.364. The summed E-state index contributed by atoms with van der Waals surface area (Å²) in [5.41, 5.74) is 3.29. The Hall–Kier alpha value is -2.43. The van der Waals surface area contributed by atoms with Crippen LogP contribution in [0.4, 0.5) is 0 Å². The Morgan fingerprint density at radius 1 is 1.29 bits per heavy atom. The summed E-state index contributed by atoms with van der Waals surface area (Å²) >= 11 is 0. The molecule has 1 saturated heterocycles. The molecule has 2 aromatic rings. The van der Waals surface area contributed by atoms with Crippen LogP contribution in [0.1, 0.15) is 41.9 Å². The number of aryl methyl sites for hydroxylation is 2. The predicted molar refractivity (Wildman–Crippen MR) is 93.9 cm³/mol. The Labute approximate surface area is 142 Å². The maximum atomic E-state index is 12.7. The average Bonchev–Trinajstić information content (AvgIpc) is 2.87. The first-order chi connectivity index (χ1) is 11.3. The molecule has 2 amide bonds. The zero-order valence-corrected chi connectivity index (χ0v) is 14.6. The lowest BCUT2D eigenvalue weighted by Gasteiger charge is -2.21. The number of carbonyl (C=O) groups excluding carboxylic acids is 2. The van der Waals surface area contributed by atoms with E-state index in [9.17, 15) is 9.59 Å². The van der Waals surface area contributed by atoms with Crippen molar-refractivity contribution in [2.24, 2.45) is 0 Å². The molecule has 0 radical (unpaired) electrons. The van der Waals surface area contributed by atoms with E-state index in [1.807, 2.05) is 52.0 Å². The maximum absolute atomic E-state index is 12.7. The van der Waals surface area contributed by atoms with E-state index in [2.05, 4.69) is 10.3 Å². The number of nitrogens with zero attached hydrogens (tertiary/aromatic N) is 2. The van der Waals surface area contributed by atoms with Crippen LogP contribution in [0.2, 0.25) is 0 Å². The summed E-state index contributed by atoms with van der Waals surface area (Å²) in [6.45, 7) is 8.41. The van der Waals surface area contributed by atoms with E-state index in [-0.39, 0.29) is 23.9 Å². The minimum absolute atomic E-state index is 0.0966. The number of carbonyl (C=O) groups is 2. The standard InChI is InChI=1S/C19H23N3O2/c1-11(2)22-10-15(9-18(22)23)21-19(24)16-8-14-7-12(3)5-6-17(14)20-13(16)4/h5-8,11,15H,9-10H2,1-4H3,(H,21,24)/t15-/m0/s1. The molecule has 126 valence electrons. The Morgan fingerprint density at radius 2 is 2.04 bits per heavy atom. The Kier molecular flexibility index (Phi) is 4.26. The molecule has 5 heteroatoms. The molecule has 0 aliphatic carbocycles. The predicted octanol–water partition coefficient (Wildman–Crippen LogP) is 2.59. The molecule has 1 N–H and O–H groups in total. The molecule has 2 heterocycles. The highest BCUT2D eigenvalue weighted by atomic mass is 16.2. The van der Waals surface area contributed by atoms with Gasteiger partial charge in [-0.2, -0.15) is 0 Å². The van der Waals surface area contributed by atoms with Crippen molar-refractivity contribution in [3.8, 4) is 0 Å². The van der Waals surface area contributed by atoms with Gasteiger partial charge in [0, 0.05) is 24.4 Å². The number of aromatic nitrogens is 1. The van der Waals surface area contributed by atoms with Gasteiger partial charge in [0.2, 0.25) is 5.91 Å². The van der Waals surface area contributed by atoms with Gasteiger partial charge in [-0.1, -0.05) is 11.6 Å². The van der Waals surface area contributed by atoms with Crippen molar-refractivity contribution in [1.29, 1.82) is 0 Å². The van der Waals surface area contributed by atoms with Gasteiger partial charge in [0.05, 0.1) is 22.8 Å². The van der Waals surface area contributed by atoms with Gasteiger partial charge in [-0.15, -0.1) is 0 Å². The average molecular weight is 325 g/mol. The van der Waals surface area contributed by atoms with E-state index in [0.717, 1.165) is 16.5 Å². The van der Waals surface area contributed by atoms with E-state index in [1.54, 1.807) is 4.90 Å². The number of likely N-dealkylation sites (tertiary alicyclic amines) is 1. The third-order valence-electron chi connectivity index (χ3n) is 4.52. The highest BCUT2D eigenvalue weighted by Crippen LogP contribution is 2.19. The third-order valence-corrected chi connectivity index (χ3v) is 4.52. The van der Waals surface area contributed by atoms with Gasteiger partial charge in [-0.3, -0.25) is 14.6 Å². The second-order valence-corrected chi connectivity index (χ2v) is 6.83. The van der Waals surface area contributed by atoms with E-state index in [0.29, 0.717) is 24.2 Å². The van der Waals surface area contributed by atoms with Gasteiger partial charge < -0.3 is 10.2 Å². The molecule has 1 atom stereocenters. The highest BCUT2D eigenvalue weighted by Gasteiger charge is 2.32. The van der Waals surface area contributed by atoms with E-state index >= 15 is 0 Å². The SMILES string of the molecule is Cc1ccc2nc(C)c(C(=O)N[C@H]3CC(=O)N(C(C)C)C3)cc2c1. The number of hydrogen-bond acceptors (Lipinski definition) is 3. The van der Waals surface area contributed by atoms with E-state index in [1.165, 1.54) is 0 Å².